The quantitative estimate of drug-likeness (QED) is 0.488. The van der Waals surface area contributed by atoms with Crippen molar-refractivity contribution in [2.24, 2.45) is 0 Å². The monoisotopic (exact) mass is 497 g/mol. The van der Waals surface area contributed by atoms with Gasteiger partial charge in [-0.1, -0.05) is 0 Å². The molecule has 1 aromatic carbocycles. The van der Waals surface area contributed by atoms with Gasteiger partial charge in [0.15, 0.2) is 0 Å². The first-order valence-corrected chi connectivity index (χ1v) is 12.6. The first-order chi connectivity index (χ1) is 13.0. The molecular formula is C16H14AsClF3N2O4S. The van der Waals surface area contributed by atoms with Crippen LogP contribution in [0.15, 0.2) is 35.4 Å². The van der Waals surface area contributed by atoms with E-state index in [-0.39, 0.29) is 16.8 Å². The molecule has 0 fully saturated rings. The molecule has 1 aromatic heterocycles. The summed E-state index contributed by atoms with van der Waals surface area (Å²) in [4.78, 5) is 15.6. The molecule has 0 atom stereocenters. The van der Waals surface area contributed by atoms with Crippen molar-refractivity contribution in [2.45, 2.75) is 18.0 Å². The van der Waals surface area contributed by atoms with Crippen molar-refractivity contribution in [3.05, 3.63) is 52.3 Å². The molecule has 6 nitrogen and oxygen atoms in total. The van der Waals surface area contributed by atoms with E-state index < -0.39 is 50.3 Å². The number of aromatic nitrogens is 1. The number of methoxy groups -OCH3 is 1. The third kappa shape index (κ3) is 5.47. The number of nitrogens with zero attached hydrogens (tertiary/aromatic N) is 1. The molecule has 28 heavy (non-hydrogen) atoms. The minimum atomic E-state index is -4.80. The second-order valence-corrected chi connectivity index (χ2v) is 12.7. The van der Waals surface area contributed by atoms with E-state index in [0.717, 1.165) is 12.1 Å². The molecule has 1 heterocycles. The van der Waals surface area contributed by atoms with Crippen LogP contribution in [-0.2, 0) is 19.0 Å². The molecule has 0 spiro atoms. The van der Waals surface area contributed by atoms with Crippen LogP contribution in [0.2, 0.25) is 5.02 Å². The summed E-state index contributed by atoms with van der Waals surface area (Å²) in [6.45, 7) is 1.55. The van der Waals surface area contributed by atoms with Gasteiger partial charge in [0, 0.05) is 0 Å². The molecular weight excluding hydrogens is 484 g/mol. The van der Waals surface area contributed by atoms with Crippen LogP contribution in [0.4, 0.5) is 13.2 Å². The molecule has 0 aliphatic heterocycles. The van der Waals surface area contributed by atoms with E-state index in [9.17, 15) is 26.4 Å². The second-order valence-electron chi connectivity index (χ2n) is 5.53. The Morgan fingerprint density at radius 1 is 1.32 bits per heavy atom. The number of alkyl halides is 3. The van der Waals surface area contributed by atoms with Crippen molar-refractivity contribution in [1.82, 2.24) is 10.3 Å². The van der Waals surface area contributed by atoms with Crippen molar-refractivity contribution >= 4 is 44.6 Å². The normalized spacial score (nSPS) is 12.5. The average molecular weight is 498 g/mol. The molecule has 1 amide bonds. The molecule has 0 aliphatic rings. The predicted molar refractivity (Wildman–Crippen MR) is 97.3 cm³/mol. The molecule has 0 aliphatic carbocycles. The van der Waals surface area contributed by atoms with Crippen molar-refractivity contribution in [3.8, 4) is 0 Å². The predicted octanol–water partition coefficient (Wildman–Crippen LogP) is 2.11. The third-order valence-corrected chi connectivity index (χ3v) is 9.77. The summed E-state index contributed by atoms with van der Waals surface area (Å²) in [5, 5.41) is 1.80. The van der Waals surface area contributed by atoms with Gasteiger partial charge in [-0.2, -0.15) is 0 Å². The Morgan fingerprint density at radius 3 is 2.61 bits per heavy atom. The molecule has 0 saturated carbocycles. The zero-order chi connectivity index (χ0) is 21.1. The Hall–Kier alpha value is -1.61. The van der Waals surface area contributed by atoms with Crippen LogP contribution >= 0.6 is 11.6 Å². The van der Waals surface area contributed by atoms with Crippen LogP contribution < -0.4 is 9.67 Å². The van der Waals surface area contributed by atoms with Gasteiger partial charge in [-0.3, -0.25) is 0 Å². The number of pyridine rings is 1. The molecule has 2 aromatic rings. The van der Waals surface area contributed by atoms with Crippen molar-refractivity contribution in [2.75, 3.05) is 13.8 Å². The van der Waals surface area contributed by atoms with E-state index in [1.165, 1.54) is 19.4 Å². The number of hydrogen-bond donors (Lipinski definition) is 1. The van der Waals surface area contributed by atoms with Crippen molar-refractivity contribution in [1.29, 1.82) is 0 Å². The molecule has 0 saturated heterocycles. The van der Waals surface area contributed by atoms with Gasteiger partial charge in [0.2, 0.25) is 0 Å². The van der Waals surface area contributed by atoms with E-state index in [0.29, 0.717) is 11.6 Å². The van der Waals surface area contributed by atoms with E-state index in [4.69, 9.17) is 16.3 Å². The summed E-state index contributed by atoms with van der Waals surface area (Å²) in [5.41, 5.74) is -0.746. The number of carbonyl (C=O) groups is 1. The van der Waals surface area contributed by atoms with Crippen LogP contribution in [0.1, 0.15) is 21.6 Å². The van der Waals surface area contributed by atoms with Crippen LogP contribution in [-0.4, -0.2) is 47.7 Å². The van der Waals surface area contributed by atoms with Gasteiger partial charge in [0.25, 0.3) is 0 Å². The summed E-state index contributed by atoms with van der Waals surface area (Å²) >= 11 is 3.78. The summed E-state index contributed by atoms with van der Waals surface area (Å²) in [6, 6.07) is 3.88. The van der Waals surface area contributed by atoms with Gasteiger partial charge < -0.3 is 0 Å². The van der Waals surface area contributed by atoms with Crippen LogP contribution in [0, 0.1) is 6.92 Å². The zero-order valence-electron chi connectivity index (χ0n) is 14.5. The maximum atomic E-state index is 13.0. The standard InChI is InChI=1S/C16H14AsClF3N2O4S/c1-9-5-12(14(22-7-9)15(24)23-8-27-2)17-28(25,26)10-3-4-13(18)11(6-10)16(19,20)21/h3-7H,8H2,1-2H3,(H,23,24). The fourth-order valence-corrected chi connectivity index (χ4v) is 7.96. The Bertz CT molecular complexity index is 1000. The number of amides is 1. The fourth-order valence-electron chi connectivity index (χ4n) is 2.08. The Labute approximate surface area is 170 Å². The number of halogens is 4. The van der Waals surface area contributed by atoms with Crippen molar-refractivity contribution < 1.29 is 31.1 Å². The van der Waals surface area contributed by atoms with Gasteiger partial charge in [-0.05, 0) is 0 Å². The number of benzene rings is 1. The first kappa shape index (κ1) is 22.7. The molecule has 12 heteroatoms. The molecule has 1 radical (unpaired) electrons. The van der Waals surface area contributed by atoms with Crippen LogP contribution in [0.25, 0.3) is 0 Å². The summed E-state index contributed by atoms with van der Waals surface area (Å²) in [6.07, 6.45) is -3.40. The minimum absolute atomic E-state index is 0.108. The number of hydrogen-bond acceptors (Lipinski definition) is 5. The fraction of sp³-hybridized carbons (Fsp3) is 0.250. The third-order valence-electron chi connectivity index (χ3n) is 3.36. The zero-order valence-corrected chi connectivity index (χ0v) is 18.0. The van der Waals surface area contributed by atoms with Crippen LogP contribution in [0.3, 0.4) is 0 Å². The number of carbonyl (C=O) groups excluding carboxylic acids is 1. The van der Waals surface area contributed by atoms with Crippen LogP contribution in [0.5, 0.6) is 0 Å². The van der Waals surface area contributed by atoms with Gasteiger partial charge in [0.05, 0.1) is 0 Å². The Balaban J connectivity index is 2.45. The maximum absolute atomic E-state index is 13.0. The number of rotatable bonds is 6. The summed E-state index contributed by atoms with van der Waals surface area (Å²) in [5.74, 6) is -0.644. The number of aryl methyl sites for hydroxylation is 1. The van der Waals surface area contributed by atoms with Gasteiger partial charge in [-0.25, -0.2) is 0 Å². The van der Waals surface area contributed by atoms with Gasteiger partial charge in [-0.15, -0.1) is 0 Å². The molecule has 1 N–H and O–H groups in total. The second kappa shape index (κ2) is 8.82. The summed E-state index contributed by atoms with van der Waals surface area (Å²) < 4.78 is 69.5. The van der Waals surface area contributed by atoms with Gasteiger partial charge in [0.1, 0.15) is 0 Å². The Morgan fingerprint density at radius 2 is 2.00 bits per heavy atom. The van der Waals surface area contributed by atoms with E-state index in [1.807, 2.05) is 0 Å². The molecule has 0 unspecified atom stereocenters. The summed E-state index contributed by atoms with van der Waals surface area (Å²) in [7, 11) is -2.76. The molecule has 151 valence electrons. The SMILES string of the molecule is COCNC(=O)c1ncc(C)cc1[As]S(=O)(=O)c1ccc(Cl)c(C(F)(F)F)c1. The van der Waals surface area contributed by atoms with E-state index in [2.05, 4.69) is 10.3 Å². The first-order valence-electron chi connectivity index (χ1n) is 7.54. The molecule has 2 rings (SSSR count). The Kier molecular flexibility index (Phi) is 7.14. The topological polar surface area (TPSA) is 85.4 Å². The van der Waals surface area contributed by atoms with Gasteiger partial charge >= 0.3 is 170 Å². The number of nitrogens with one attached hydrogen (secondary N) is 1. The molecule has 0 bridgehead atoms. The number of ether oxygens (including phenoxy) is 1. The van der Waals surface area contributed by atoms with E-state index >= 15 is 0 Å². The van der Waals surface area contributed by atoms with Crippen molar-refractivity contribution in [3.63, 3.8) is 0 Å². The average Bonchev–Trinajstić information content (AvgIpc) is 2.58. The van der Waals surface area contributed by atoms with E-state index in [1.54, 1.807) is 6.92 Å².